The van der Waals surface area contributed by atoms with Crippen molar-refractivity contribution in [3.63, 3.8) is 0 Å². The number of hydrogen-bond donors (Lipinski definition) is 2. The minimum absolute atomic E-state index is 0.118. The summed E-state index contributed by atoms with van der Waals surface area (Å²) >= 11 is 0. The molecule has 0 aliphatic carbocycles. The molecule has 106 valence electrons. The first-order chi connectivity index (χ1) is 9.78. The molecule has 0 fully saturated rings. The summed E-state index contributed by atoms with van der Waals surface area (Å²) in [5.41, 5.74) is 6.64. The maximum Gasteiger partial charge on any atom is 0.122 e. The molecular formula is C15H20N4O. The zero-order valence-electron chi connectivity index (χ0n) is 11.7. The molecule has 0 bridgehead atoms. The van der Waals surface area contributed by atoms with E-state index < -0.39 is 0 Å². The van der Waals surface area contributed by atoms with Crippen LogP contribution in [0.1, 0.15) is 29.3 Å². The Labute approximate surface area is 118 Å². The molecule has 0 spiro atoms. The summed E-state index contributed by atoms with van der Waals surface area (Å²) < 4.78 is 7.39. The number of hydrazine groups is 1. The topological polar surface area (TPSA) is 65.1 Å². The predicted octanol–water partition coefficient (Wildman–Crippen LogP) is 1.49. The predicted molar refractivity (Wildman–Crippen MR) is 77.2 cm³/mol. The highest BCUT2D eigenvalue weighted by molar-refractivity contribution is 5.39. The second kappa shape index (κ2) is 5.64. The number of aryl methyl sites for hydroxylation is 2. The molecule has 0 amide bonds. The van der Waals surface area contributed by atoms with Crippen LogP contribution in [-0.4, -0.2) is 16.4 Å². The van der Waals surface area contributed by atoms with Gasteiger partial charge in [0.25, 0.3) is 0 Å². The van der Waals surface area contributed by atoms with Crippen molar-refractivity contribution in [2.75, 3.05) is 6.61 Å². The number of rotatable bonds is 5. The van der Waals surface area contributed by atoms with Gasteiger partial charge in [0, 0.05) is 19.7 Å². The normalized spacial score (nSPS) is 14.9. The quantitative estimate of drug-likeness (QED) is 0.639. The average molecular weight is 272 g/mol. The number of aromatic nitrogens is 2. The summed E-state index contributed by atoms with van der Waals surface area (Å²) in [4.78, 5) is 0. The molecule has 1 aliphatic heterocycles. The second-order valence-corrected chi connectivity index (χ2v) is 5.18. The van der Waals surface area contributed by atoms with E-state index in [2.05, 4.69) is 28.7 Å². The molecule has 1 aromatic heterocycles. The number of benzene rings is 1. The first-order valence-corrected chi connectivity index (χ1v) is 6.96. The van der Waals surface area contributed by atoms with Gasteiger partial charge in [-0.25, -0.2) is 0 Å². The fraction of sp³-hybridized carbons (Fsp3) is 0.400. The fourth-order valence-corrected chi connectivity index (χ4v) is 2.75. The van der Waals surface area contributed by atoms with Crippen molar-refractivity contribution in [1.82, 2.24) is 15.2 Å². The Morgan fingerprint density at radius 2 is 2.35 bits per heavy atom. The summed E-state index contributed by atoms with van der Waals surface area (Å²) in [6, 6.07) is 8.58. The Morgan fingerprint density at radius 3 is 3.10 bits per heavy atom. The number of nitrogens with two attached hydrogens (primary N) is 1. The third kappa shape index (κ3) is 2.55. The number of nitrogens with zero attached hydrogens (tertiary/aromatic N) is 2. The van der Waals surface area contributed by atoms with E-state index in [0.717, 1.165) is 37.3 Å². The highest BCUT2D eigenvalue weighted by Gasteiger charge is 2.15. The molecule has 3 N–H and O–H groups in total. The van der Waals surface area contributed by atoms with E-state index in [9.17, 15) is 0 Å². The summed E-state index contributed by atoms with van der Waals surface area (Å²) in [5.74, 6) is 6.71. The van der Waals surface area contributed by atoms with E-state index in [1.807, 2.05) is 17.8 Å². The van der Waals surface area contributed by atoms with Crippen molar-refractivity contribution in [3.8, 4) is 5.75 Å². The van der Waals surface area contributed by atoms with Gasteiger partial charge in [0.15, 0.2) is 0 Å². The molecule has 1 aliphatic rings. The van der Waals surface area contributed by atoms with Crippen molar-refractivity contribution in [2.45, 2.75) is 25.3 Å². The van der Waals surface area contributed by atoms with E-state index in [1.54, 1.807) is 6.20 Å². The van der Waals surface area contributed by atoms with Crippen molar-refractivity contribution < 1.29 is 4.74 Å². The van der Waals surface area contributed by atoms with Crippen LogP contribution in [0.25, 0.3) is 0 Å². The zero-order valence-corrected chi connectivity index (χ0v) is 11.7. The molecule has 20 heavy (non-hydrogen) atoms. The van der Waals surface area contributed by atoms with Gasteiger partial charge in [0.2, 0.25) is 0 Å². The van der Waals surface area contributed by atoms with Gasteiger partial charge in [-0.1, -0.05) is 12.1 Å². The molecule has 0 saturated heterocycles. The molecule has 2 aromatic rings. The molecule has 1 atom stereocenters. The lowest BCUT2D eigenvalue weighted by Crippen LogP contribution is -2.30. The first kappa shape index (κ1) is 13.1. The summed E-state index contributed by atoms with van der Waals surface area (Å²) in [7, 11) is 1.94. The smallest absolute Gasteiger partial charge is 0.122 e. The molecule has 1 unspecified atom stereocenters. The van der Waals surface area contributed by atoms with Crippen LogP contribution >= 0.6 is 0 Å². The van der Waals surface area contributed by atoms with Crippen molar-refractivity contribution in [2.24, 2.45) is 12.9 Å². The average Bonchev–Trinajstić information content (AvgIpc) is 3.08. The summed E-state index contributed by atoms with van der Waals surface area (Å²) in [6.07, 6.45) is 4.74. The first-order valence-electron chi connectivity index (χ1n) is 6.96. The monoisotopic (exact) mass is 272 g/mol. The van der Waals surface area contributed by atoms with Crippen LogP contribution in [0.2, 0.25) is 0 Å². The van der Waals surface area contributed by atoms with Crippen LogP contribution in [0.3, 0.4) is 0 Å². The summed E-state index contributed by atoms with van der Waals surface area (Å²) in [5, 5.41) is 4.19. The largest absolute Gasteiger partial charge is 0.493 e. The Hall–Kier alpha value is -1.85. The Bertz CT molecular complexity index is 593. The number of hydrogen-bond acceptors (Lipinski definition) is 4. The highest BCUT2D eigenvalue weighted by Crippen LogP contribution is 2.27. The molecule has 0 saturated carbocycles. The number of nitrogens with one attached hydrogen (secondary N) is 1. The van der Waals surface area contributed by atoms with Gasteiger partial charge in [-0.2, -0.15) is 5.10 Å². The van der Waals surface area contributed by atoms with E-state index in [-0.39, 0.29) is 6.04 Å². The van der Waals surface area contributed by atoms with Gasteiger partial charge in [-0.15, -0.1) is 0 Å². The Kier molecular flexibility index (Phi) is 3.71. The molecule has 5 nitrogen and oxygen atoms in total. The Balaban J connectivity index is 1.68. The van der Waals surface area contributed by atoms with Gasteiger partial charge in [0.05, 0.1) is 18.3 Å². The van der Waals surface area contributed by atoms with Crippen LogP contribution < -0.4 is 16.0 Å². The van der Waals surface area contributed by atoms with Crippen LogP contribution in [-0.2, 0) is 19.9 Å². The summed E-state index contributed by atoms with van der Waals surface area (Å²) in [6.45, 7) is 0.806. The van der Waals surface area contributed by atoms with Gasteiger partial charge in [-0.3, -0.25) is 16.0 Å². The fourth-order valence-electron chi connectivity index (χ4n) is 2.75. The van der Waals surface area contributed by atoms with E-state index in [4.69, 9.17) is 10.6 Å². The number of ether oxygens (including phenoxy) is 1. The minimum Gasteiger partial charge on any atom is -0.493 e. The molecule has 1 aromatic carbocycles. The van der Waals surface area contributed by atoms with Crippen molar-refractivity contribution in [1.29, 1.82) is 0 Å². The van der Waals surface area contributed by atoms with Gasteiger partial charge in [-0.05, 0) is 36.1 Å². The van der Waals surface area contributed by atoms with Crippen LogP contribution in [0.15, 0.2) is 30.5 Å². The van der Waals surface area contributed by atoms with Gasteiger partial charge >= 0.3 is 0 Å². The SMILES string of the molecule is Cn1nccc1C(CCc1ccc2c(c1)CCO2)NN. The lowest BCUT2D eigenvalue weighted by atomic mass is 10.0. The van der Waals surface area contributed by atoms with Crippen LogP contribution in [0.4, 0.5) is 0 Å². The van der Waals surface area contributed by atoms with Gasteiger partial charge in [0.1, 0.15) is 5.75 Å². The highest BCUT2D eigenvalue weighted by atomic mass is 16.5. The van der Waals surface area contributed by atoms with Gasteiger partial charge < -0.3 is 4.74 Å². The van der Waals surface area contributed by atoms with Crippen molar-refractivity contribution in [3.05, 3.63) is 47.3 Å². The third-order valence-electron chi connectivity index (χ3n) is 3.89. The zero-order chi connectivity index (χ0) is 13.9. The lowest BCUT2D eigenvalue weighted by molar-refractivity contribution is 0.357. The Morgan fingerprint density at radius 1 is 1.45 bits per heavy atom. The second-order valence-electron chi connectivity index (χ2n) is 5.18. The molecular weight excluding hydrogens is 252 g/mol. The third-order valence-corrected chi connectivity index (χ3v) is 3.89. The van der Waals surface area contributed by atoms with E-state index >= 15 is 0 Å². The minimum atomic E-state index is 0.118. The maximum absolute atomic E-state index is 5.68. The number of fused-ring (bicyclic) bond motifs is 1. The lowest BCUT2D eigenvalue weighted by Gasteiger charge is -2.16. The van der Waals surface area contributed by atoms with Crippen molar-refractivity contribution >= 4 is 0 Å². The molecule has 3 rings (SSSR count). The van der Waals surface area contributed by atoms with Crippen LogP contribution in [0, 0.1) is 0 Å². The molecule has 0 radical (unpaired) electrons. The maximum atomic E-state index is 5.68. The standard InChI is InChI=1S/C15H20N4O/c1-19-14(6-8-17-19)13(18-16)4-2-11-3-5-15-12(10-11)7-9-20-15/h3,5-6,8,10,13,18H,2,4,7,9,16H2,1H3. The molecule has 2 heterocycles. The van der Waals surface area contributed by atoms with E-state index in [0.29, 0.717) is 0 Å². The van der Waals surface area contributed by atoms with Crippen LogP contribution in [0.5, 0.6) is 5.75 Å². The molecule has 5 heteroatoms. The van der Waals surface area contributed by atoms with E-state index in [1.165, 1.54) is 11.1 Å².